The first-order chi connectivity index (χ1) is 30.7. The molecule has 0 aliphatic carbocycles. The number of hydrogen-bond donors (Lipinski definition) is 0. The standard InChI is InChI=1S/C50H32O/c1-3-16-33(17-4-1)37-22-7-8-23-38(37)43-30-31-46-50(44-28-13-14-29-45(44)51-46)49(43)36-21-15-20-35(32-36)48-41-26-11-9-24-39(41)47(34-18-5-2-6-19-34)40-25-10-12-27-42(40)48/h1-32H/i2D,5D,6D,9D,10D,11D,12D,18D,19D,24D,25D,26D,27D. The summed E-state index contributed by atoms with van der Waals surface area (Å²) in [5.74, 6) is 0. The van der Waals surface area contributed by atoms with Crippen LogP contribution in [0.25, 0.3) is 99.1 Å². The van der Waals surface area contributed by atoms with Crippen molar-refractivity contribution in [2.45, 2.75) is 0 Å². The highest BCUT2D eigenvalue weighted by Crippen LogP contribution is 2.48. The molecule has 0 saturated carbocycles. The van der Waals surface area contributed by atoms with E-state index in [-0.39, 0.29) is 32.7 Å². The van der Waals surface area contributed by atoms with Crippen LogP contribution in [0.4, 0.5) is 0 Å². The first-order valence-corrected chi connectivity index (χ1v) is 16.5. The van der Waals surface area contributed by atoms with Gasteiger partial charge in [-0.2, -0.15) is 0 Å². The molecule has 0 N–H and O–H groups in total. The zero-order valence-electron chi connectivity index (χ0n) is 39.9. The smallest absolute Gasteiger partial charge is 0.136 e. The summed E-state index contributed by atoms with van der Waals surface area (Å²) in [5, 5.41) is 0.834. The Kier molecular flexibility index (Phi) is 4.45. The van der Waals surface area contributed by atoms with E-state index in [2.05, 4.69) is 6.07 Å². The average Bonchev–Trinajstić information content (AvgIpc) is 3.70. The molecule has 0 amide bonds. The molecule has 0 aliphatic rings. The Morgan fingerprint density at radius 3 is 1.59 bits per heavy atom. The van der Waals surface area contributed by atoms with Gasteiger partial charge in [0.1, 0.15) is 11.2 Å². The van der Waals surface area contributed by atoms with E-state index >= 15 is 0 Å². The van der Waals surface area contributed by atoms with Crippen LogP contribution >= 0.6 is 0 Å². The molecule has 1 heterocycles. The van der Waals surface area contributed by atoms with Gasteiger partial charge in [-0.05, 0) is 95.9 Å². The molecule has 0 fully saturated rings. The number of furan rings is 1. The van der Waals surface area contributed by atoms with Crippen molar-refractivity contribution in [2.75, 3.05) is 0 Å². The van der Waals surface area contributed by atoms with Crippen LogP contribution in [0.5, 0.6) is 0 Å². The predicted octanol–water partition coefficient (Wildman–Crippen LogP) is 14.2. The van der Waals surface area contributed by atoms with Gasteiger partial charge in [-0.3, -0.25) is 0 Å². The third-order valence-electron chi connectivity index (χ3n) is 9.41. The van der Waals surface area contributed by atoms with E-state index in [4.69, 9.17) is 16.8 Å². The molecular weight excluding hydrogens is 617 g/mol. The van der Waals surface area contributed by atoms with Crippen molar-refractivity contribution >= 4 is 43.5 Å². The summed E-state index contributed by atoms with van der Waals surface area (Å²) >= 11 is 0. The molecule has 1 heteroatoms. The maximum Gasteiger partial charge on any atom is 0.136 e. The third-order valence-corrected chi connectivity index (χ3v) is 9.41. The zero-order chi connectivity index (χ0) is 45.0. The number of para-hydroxylation sites is 1. The molecule has 51 heavy (non-hydrogen) atoms. The lowest BCUT2D eigenvalue weighted by Crippen LogP contribution is -1.92. The average molecular weight is 662 g/mol. The van der Waals surface area contributed by atoms with E-state index in [0.717, 1.165) is 38.6 Å². The monoisotopic (exact) mass is 661 g/mol. The molecule has 1 nitrogen and oxygen atoms in total. The fraction of sp³-hybridized carbons (Fsp3) is 0. The van der Waals surface area contributed by atoms with Crippen LogP contribution in [0.1, 0.15) is 17.8 Å². The number of fused-ring (bicyclic) bond motifs is 5. The Labute approximate surface area is 315 Å². The Morgan fingerprint density at radius 1 is 0.333 bits per heavy atom. The molecule has 10 aromatic rings. The largest absolute Gasteiger partial charge is 0.456 e. The van der Waals surface area contributed by atoms with Crippen molar-refractivity contribution in [2.24, 2.45) is 0 Å². The Balaban J connectivity index is 1.40. The predicted molar refractivity (Wildman–Crippen MR) is 216 cm³/mol. The van der Waals surface area contributed by atoms with Crippen LogP contribution in [0, 0.1) is 0 Å². The van der Waals surface area contributed by atoms with Crippen LogP contribution in [-0.2, 0) is 0 Å². The van der Waals surface area contributed by atoms with Gasteiger partial charge in [-0.1, -0.05) is 170 Å². The molecule has 0 atom stereocenters. The van der Waals surface area contributed by atoms with Gasteiger partial charge in [0.15, 0.2) is 0 Å². The minimum absolute atomic E-state index is 0.0532. The minimum atomic E-state index is -0.721. The lowest BCUT2D eigenvalue weighted by atomic mass is 9.84. The molecule has 238 valence electrons. The highest BCUT2D eigenvalue weighted by molar-refractivity contribution is 6.22. The van der Waals surface area contributed by atoms with Gasteiger partial charge in [0.2, 0.25) is 0 Å². The van der Waals surface area contributed by atoms with Gasteiger partial charge < -0.3 is 4.42 Å². The summed E-state index contributed by atoms with van der Waals surface area (Å²) < 4.78 is 123. The second kappa shape index (κ2) is 12.0. The van der Waals surface area contributed by atoms with Gasteiger partial charge in [0.05, 0.1) is 17.8 Å². The van der Waals surface area contributed by atoms with E-state index in [1.165, 1.54) is 0 Å². The maximum atomic E-state index is 9.45. The quantitative estimate of drug-likeness (QED) is 0.167. The van der Waals surface area contributed by atoms with E-state index in [1.807, 2.05) is 97.1 Å². The Bertz CT molecular complexity index is 3540. The SMILES string of the molecule is [2H]c1c([2H])c([2H])c(-c2c3c([2H])c([2H])c([2H])c([2H])c3c(-c3cccc(-c4c(-c5ccccc5-c5ccccc5)ccc5oc6ccccc6c45)c3)c3c([2H])c([2H])c([2H])c([2H])c23)c([2H])c1[2H]. The summed E-state index contributed by atoms with van der Waals surface area (Å²) in [4.78, 5) is 0. The van der Waals surface area contributed by atoms with Crippen molar-refractivity contribution < 1.29 is 22.2 Å². The van der Waals surface area contributed by atoms with Gasteiger partial charge >= 0.3 is 0 Å². The number of benzene rings is 9. The summed E-state index contributed by atoms with van der Waals surface area (Å²) in [5.41, 5.74) is 6.06. The van der Waals surface area contributed by atoms with Crippen molar-refractivity contribution in [3.63, 3.8) is 0 Å². The fourth-order valence-electron chi connectivity index (χ4n) is 7.30. The van der Waals surface area contributed by atoms with E-state index in [9.17, 15) is 5.48 Å². The van der Waals surface area contributed by atoms with Crippen molar-refractivity contribution in [1.29, 1.82) is 0 Å². The van der Waals surface area contributed by atoms with Crippen molar-refractivity contribution in [1.82, 2.24) is 0 Å². The molecule has 0 aliphatic heterocycles. The van der Waals surface area contributed by atoms with Crippen LogP contribution in [-0.4, -0.2) is 0 Å². The Morgan fingerprint density at radius 2 is 0.882 bits per heavy atom. The normalized spacial score (nSPS) is 15.1. The van der Waals surface area contributed by atoms with Crippen molar-refractivity contribution in [3.05, 3.63) is 194 Å². The topological polar surface area (TPSA) is 13.1 Å². The van der Waals surface area contributed by atoms with Crippen LogP contribution in [0.3, 0.4) is 0 Å². The molecule has 10 rings (SSSR count). The molecule has 0 saturated heterocycles. The first kappa shape index (κ1) is 18.9. The van der Waals surface area contributed by atoms with Crippen LogP contribution in [0.15, 0.2) is 198 Å². The number of hydrogen-bond acceptors (Lipinski definition) is 1. The molecule has 1 aromatic heterocycles. The third kappa shape index (κ3) is 4.78. The van der Waals surface area contributed by atoms with Crippen LogP contribution < -0.4 is 0 Å². The molecule has 0 unspecified atom stereocenters. The minimum Gasteiger partial charge on any atom is -0.456 e. The van der Waals surface area contributed by atoms with Crippen molar-refractivity contribution in [3.8, 4) is 55.6 Å². The second-order valence-electron chi connectivity index (χ2n) is 12.2. The van der Waals surface area contributed by atoms with E-state index in [0.29, 0.717) is 22.3 Å². The second-order valence-corrected chi connectivity index (χ2v) is 12.2. The van der Waals surface area contributed by atoms with Gasteiger partial charge in [-0.15, -0.1) is 0 Å². The summed E-state index contributed by atoms with van der Waals surface area (Å²) in [6.07, 6.45) is 0. The molecular formula is C50H32O. The molecule has 0 spiro atoms. The first-order valence-electron chi connectivity index (χ1n) is 23.0. The van der Waals surface area contributed by atoms with Gasteiger partial charge in [-0.25, -0.2) is 0 Å². The number of rotatable bonds is 5. The van der Waals surface area contributed by atoms with Crippen LogP contribution in [0.2, 0.25) is 0 Å². The summed E-state index contributed by atoms with van der Waals surface area (Å²) in [7, 11) is 0. The molecule has 9 aromatic carbocycles. The highest BCUT2D eigenvalue weighted by Gasteiger charge is 2.21. The van der Waals surface area contributed by atoms with E-state index in [1.54, 1.807) is 12.1 Å². The molecule has 0 radical (unpaired) electrons. The summed E-state index contributed by atoms with van der Waals surface area (Å²) in [6.45, 7) is 0. The molecule has 0 bridgehead atoms. The van der Waals surface area contributed by atoms with Gasteiger partial charge in [0, 0.05) is 16.3 Å². The lowest BCUT2D eigenvalue weighted by molar-refractivity contribution is 0.669. The lowest BCUT2D eigenvalue weighted by Gasteiger charge is -2.19. The summed E-state index contributed by atoms with van der Waals surface area (Å²) in [6, 6.07) is 28.4. The van der Waals surface area contributed by atoms with E-state index < -0.39 is 84.1 Å². The fourth-order valence-corrected chi connectivity index (χ4v) is 7.30. The highest BCUT2D eigenvalue weighted by atomic mass is 16.3. The zero-order valence-corrected chi connectivity index (χ0v) is 26.9. The Hall–Kier alpha value is -6.70. The van der Waals surface area contributed by atoms with Gasteiger partial charge in [0.25, 0.3) is 0 Å². The maximum absolute atomic E-state index is 9.45.